The summed E-state index contributed by atoms with van der Waals surface area (Å²) in [6, 6.07) is 2.78. The average molecular weight is 301 g/mol. The lowest BCUT2D eigenvalue weighted by molar-refractivity contribution is -0.137. The lowest BCUT2D eigenvalue weighted by atomic mass is 10.1. The summed E-state index contributed by atoms with van der Waals surface area (Å²) in [5.74, 6) is -0.456. The number of thiazole rings is 1. The quantitative estimate of drug-likeness (QED) is 0.836. The van der Waals surface area contributed by atoms with E-state index in [-0.39, 0.29) is 11.4 Å². The van der Waals surface area contributed by atoms with Gasteiger partial charge in [-0.25, -0.2) is 4.98 Å². The third-order valence-corrected chi connectivity index (χ3v) is 3.38. The van der Waals surface area contributed by atoms with Gasteiger partial charge in [0.2, 0.25) is 0 Å². The van der Waals surface area contributed by atoms with Crippen LogP contribution in [0.5, 0.6) is 0 Å². The van der Waals surface area contributed by atoms with Crippen LogP contribution in [0.25, 0.3) is 0 Å². The number of carbonyl (C=O) groups is 1. The summed E-state index contributed by atoms with van der Waals surface area (Å²) in [7, 11) is 0. The van der Waals surface area contributed by atoms with E-state index in [0.717, 1.165) is 23.2 Å². The number of nitrogens with one attached hydrogen (secondary N) is 1. The first-order chi connectivity index (χ1) is 9.27. The van der Waals surface area contributed by atoms with Gasteiger partial charge in [0.1, 0.15) is 4.88 Å². The van der Waals surface area contributed by atoms with Crippen LogP contribution in [0.3, 0.4) is 0 Å². The second-order valence-electron chi connectivity index (χ2n) is 4.00. The number of anilines is 2. The van der Waals surface area contributed by atoms with Crippen molar-refractivity contribution in [3.8, 4) is 0 Å². The number of alkyl halides is 3. The van der Waals surface area contributed by atoms with Gasteiger partial charge >= 0.3 is 6.18 Å². The minimum absolute atomic E-state index is 0.133. The number of aromatic nitrogens is 1. The Hall–Kier alpha value is -2.09. The zero-order valence-corrected chi connectivity index (χ0v) is 11.1. The van der Waals surface area contributed by atoms with E-state index in [1.807, 2.05) is 0 Å². The van der Waals surface area contributed by atoms with Crippen molar-refractivity contribution in [3.05, 3.63) is 39.8 Å². The fraction of sp³-hybridized carbons (Fsp3) is 0.167. The maximum atomic E-state index is 12.5. The van der Waals surface area contributed by atoms with Crippen molar-refractivity contribution < 1.29 is 18.0 Å². The van der Waals surface area contributed by atoms with E-state index in [9.17, 15) is 18.0 Å². The van der Waals surface area contributed by atoms with Gasteiger partial charge < -0.3 is 11.1 Å². The molecule has 0 bridgehead atoms. The fourth-order valence-electron chi connectivity index (χ4n) is 1.50. The first kappa shape index (κ1) is 14.3. The monoisotopic (exact) mass is 301 g/mol. The van der Waals surface area contributed by atoms with Crippen LogP contribution in [0.1, 0.15) is 20.2 Å². The fourth-order valence-corrected chi connectivity index (χ4v) is 2.18. The van der Waals surface area contributed by atoms with Crippen molar-refractivity contribution in [2.24, 2.45) is 0 Å². The Morgan fingerprint density at radius 3 is 2.60 bits per heavy atom. The van der Waals surface area contributed by atoms with E-state index in [2.05, 4.69) is 10.3 Å². The van der Waals surface area contributed by atoms with Crippen LogP contribution < -0.4 is 11.1 Å². The number of aryl methyl sites for hydroxylation is 1. The molecule has 0 aliphatic rings. The summed E-state index contributed by atoms with van der Waals surface area (Å²) in [5.41, 5.74) is 4.65. The molecule has 0 saturated carbocycles. The minimum Gasteiger partial charge on any atom is -0.397 e. The molecule has 8 heteroatoms. The molecule has 2 aromatic rings. The molecule has 0 radical (unpaired) electrons. The van der Waals surface area contributed by atoms with Crippen molar-refractivity contribution in [3.63, 3.8) is 0 Å². The largest absolute Gasteiger partial charge is 0.416 e. The Kier molecular flexibility index (Phi) is 3.67. The second-order valence-corrected chi connectivity index (χ2v) is 5.23. The Bertz CT molecular complexity index is 652. The normalized spacial score (nSPS) is 11.4. The molecule has 0 spiro atoms. The van der Waals surface area contributed by atoms with Crippen LogP contribution in [0, 0.1) is 6.92 Å². The van der Waals surface area contributed by atoms with Gasteiger partial charge in [-0.05, 0) is 25.1 Å². The number of nitrogen functional groups attached to an aromatic ring is 1. The maximum Gasteiger partial charge on any atom is 0.416 e. The van der Waals surface area contributed by atoms with Gasteiger partial charge in [-0.2, -0.15) is 13.2 Å². The van der Waals surface area contributed by atoms with Gasteiger partial charge in [0.05, 0.1) is 28.1 Å². The van der Waals surface area contributed by atoms with Crippen molar-refractivity contribution in [1.29, 1.82) is 0 Å². The molecule has 1 aromatic heterocycles. The van der Waals surface area contributed by atoms with Gasteiger partial charge in [0.25, 0.3) is 5.91 Å². The smallest absolute Gasteiger partial charge is 0.397 e. The molecule has 4 nitrogen and oxygen atoms in total. The van der Waals surface area contributed by atoms with Crippen LogP contribution in [0.4, 0.5) is 24.5 Å². The number of hydrogen-bond donors (Lipinski definition) is 2. The first-order valence-corrected chi connectivity index (χ1v) is 6.29. The van der Waals surface area contributed by atoms with E-state index in [1.165, 1.54) is 17.5 Å². The maximum absolute atomic E-state index is 12.5. The number of nitrogens with two attached hydrogens (primary N) is 1. The lowest BCUT2D eigenvalue weighted by Gasteiger charge is -2.11. The first-order valence-electron chi connectivity index (χ1n) is 5.48. The highest BCUT2D eigenvalue weighted by atomic mass is 32.1. The van der Waals surface area contributed by atoms with Crippen molar-refractivity contribution in [2.75, 3.05) is 11.1 Å². The molecule has 1 amide bonds. The molecular weight excluding hydrogens is 291 g/mol. The third kappa shape index (κ3) is 3.08. The van der Waals surface area contributed by atoms with Crippen molar-refractivity contribution >= 4 is 28.6 Å². The van der Waals surface area contributed by atoms with Crippen LogP contribution in [0.2, 0.25) is 0 Å². The summed E-state index contributed by atoms with van der Waals surface area (Å²) in [5, 5.41) is 3.18. The Balaban J connectivity index is 2.20. The summed E-state index contributed by atoms with van der Waals surface area (Å²) in [6.07, 6.45) is -3.07. The number of amides is 1. The zero-order chi connectivity index (χ0) is 14.9. The zero-order valence-electron chi connectivity index (χ0n) is 10.3. The summed E-state index contributed by atoms with van der Waals surface area (Å²) in [6.45, 7) is 1.74. The Labute approximate surface area is 116 Å². The van der Waals surface area contributed by atoms with Crippen molar-refractivity contribution in [2.45, 2.75) is 13.1 Å². The molecule has 3 N–H and O–H groups in total. The minimum atomic E-state index is -4.47. The SMILES string of the molecule is Cc1ncc(C(=O)Nc2ccc(C(F)(F)F)cc2N)s1. The molecule has 0 fully saturated rings. The van der Waals surface area contributed by atoms with Gasteiger partial charge in [-0.15, -0.1) is 11.3 Å². The predicted octanol–water partition coefficient (Wildman–Crippen LogP) is 3.30. The second kappa shape index (κ2) is 5.12. The lowest BCUT2D eigenvalue weighted by Crippen LogP contribution is -2.13. The summed E-state index contributed by atoms with van der Waals surface area (Å²) in [4.78, 5) is 16.1. The molecule has 0 unspecified atom stereocenters. The van der Waals surface area contributed by atoms with Gasteiger partial charge in [-0.3, -0.25) is 4.79 Å². The van der Waals surface area contributed by atoms with E-state index >= 15 is 0 Å². The average Bonchev–Trinajstić information content (AvgIpc) is 2.77. The van der Waals surface area contributed by atoms with E-state index < -0.39 is 17.6 Å². The van der Waals surface area contributed by atoms with E-state index in [1.54, 1.807) is 6.92 Å². The highest BCUT2D eigenvalue weighted by molar-refractivity contribution is 7.13. The molecule has 1 aromatic carbocycles. The number of carbonyl (C=O) groups excluding carboxylic acids is 1. The molecule has 1 heterocycles. The number of benzene rings is 1. The molecule has 0 saturated heterocycles. The number of halogens is 3. The molecule has 0 aliphatic carbocycles. The Morgan fingerprint density at radius 1 is 1.40 bits per heavy atom. The van der Waals surface area contributed by atoms with Gasteiger partial charge in [0, 0.05) is 0 Å². The topological polar surface area (TPSA) is 68.0 Å². The summed E-state index contributed by atoms with van der Waals surface area (Å²) >= 11 is 1.18. The number of nitrogens with zero attached hydrogens (tertiary/aromatic N) is 1. The van der Waals surface area contributed by atoms with Gasteiger partial charge in [0.15, 0.2) is 0 Å². The van der Waals surface area contributed by atoms with Crippen molar-refractivity contribution in [1.82, 2.24) is 4.98 Å². The number of rotatable bonds is 2. The van der Waals surface area contributed by atoms with Crippen LogP contribution in [-0.4, -0.2) is 10.9 Å². The third-order valence-electron chi connectivity index (χ3n) is 2.47. The van der Waals surface area contributed by atoms with Gasteiger partial charge in [-0.1, -0.05) is 0 Å². The number of hydrogen-bond acceptors (Lipinski definition) is 4. The highest BCUT2D eigenvalue weighted by Crippen LogP contribution is 2.33. The van der Waals surface area contributed by atoms with Crippen LogP contribution in [-0.2, 0) is 6.18 Å². The van der Waals surface area contributed by atoms with Crippen LogP contribution in [0.15, 0.2) is 24.4 Å². The molecule has 106 valence electrons. The van der Waals surface area contributed by atoms with E-state index in [4.69, 9.17) is 5.73 Å². The standard InChI is InChI=1S/C12H10F3N3OS/c1-6-17-5-10(20-6)11(19)18-9-3-2-7(4-8(9)16)12(13,14)15/h2-5H,16H2,1H3,(H,18,19). The molecule has 0 atom stereocenters. The molecular formula is C12H10F3N3OS. The predicted molar refractivity (Wildman–Crippen MR) is 70.7 cm³/mol. The molecule has 0 aliphatic heterocycles. The Morgan fingerprint density at radius 2 is 2.10 bits per heavy atom. The molecule has 20 heavy (non-hydrogen) atoms. The molecule has 2 rings (SSSR count). The van der Waals surface area contributed by atoms with Crippen LogP contribution >= 0.6 is 11.3 Å². The summed E-state index contributed by atoms with van der Waals surface area (Å²) < 4.78 is 37.4. The van der Waals surface area contributed by atoms with E-state index in [0.29, 0.717) is 4.88 Å². The highest BCUT2D eigenvalue weighted by Gasteiger charge is 2.30.